The molecule has 1 N–H and O–H groups in total. The van der Waals surface area contributed by atoms with E-state index < -0.39 is 24.2 Å². The molecule has 5 nitrogen and oxygen atoms in total. The van der Waals surface area contributed by atoms with Gasteiger partial charge in [0.05, 0.1) is 6.04 Å². The lowest BCUT2D eigenvalue weighted by Gasteiger charge is -2.33. The van der Waals surface area contributed by atoms with Crippen LogP contribution in [0.2, 0.25) is 5.02 Å². The van der Waals surface area contributed by atoms with Gasteiger partial charge in [-0.3, -0.25) is 4.79 Å². The van der Waals surface area contributed by atoms with Gasteiger partial charge in [0.2, 0.25) is 0 Å². The molecule has 2 aliphatic heterocycles. The fourth-order valence-corrected chi connectivity index (χ4v) is 4.14. The maximum Gasteiger partial charge on any atom is 0.410 e. The number of likely N-dealkylation sites (tertiary alicyclic amines) is 1. The van der Waals surface area contributed by atoms with Gasteiger partial charge in [0, 0.05) is 19.5 Å². The third-order valence-corrected chi connectivity index (χ3v) is 5.70. The molecule has 1 amide bonds. The van der Waals surface area contributed by atoms with Gasteiger partial charge in [-0.05, 0) is 24.8 Å². The van der Waals surface area contributed by atoms with Crippen molar-refractivity contribution in [1.82, 2.24) is 14.7 Å². The minimum atomic E-state index is -4.51. The molecule has 0 spiro atoms. The quantitative estimate of drug-likeness (QED) is 0.769. The van der Waals surface area contributed by atoms with Crippen LogP contribution >= 0.6 is 11.6 Å². The summed E-state index contributed by atoms with van der Waals surface area (Å²) < 4.78 is 42.2. The Bertz CT molecular complexity index is 862. The highest BCUT2D eigenvalue weighted by Crippen LogP contribution is 2.46. The average molecular weight is 413 g/mol. The molecule has 1 aromatic carbocycles. The maximum absolute atomic E-state index is 13.8. The van der Waals surface area contributed by atoms with Crippen LogP contribution in [0.3, 0.4) is 0 Å². The average Bonchev–Trinajstić information content (AvgIpc) is 3.04. The topological polar surface area (TPSA) is 50.2 Å². The smallest absolute Gasteiger partial charge is 0.362 e. The van der Waals surface area contributed by atoms with Crippen LogP contribution in [0.4, 0.5) is 19.0 Å². The largest absolute Gasteiger partial charge is 0.410 e. The summed E-state index contributed by atoms with van der Waals surface area (Å²) in [5.41, 5.74) is 0.609. The van der Waals surface area contributed by atoms with E-state index in [9.17, 15) is 18.0 Å². The summed E-state index contributed by atoms with van der Waals surface area (Å²) in [7, 11) is 0. The van der Waals surface area contributed by atoms with Crippen LogP contribution in [0.15, 0.2) is 30.3 Å². The second kappa shape index (κ2) is 7.31. The molecular formula is C19H20ClF3N4O. The molecular weight excluding hydrogens is 393 g/mol. The number of nitrogens with zero attached hydrogens (tertiary/aromatic N) is 3. The predicted molar refractivity (Wildman–Crippen MR) is 99.5 cm³/mol. The summed E-state index contributed by atoms with van der Waals surface area (Å²) in [5, 5.41) is 7.02. The lowest BCUT2D eigenvalue weighted by Crippen LogP contribution is -2.37. The summed E-state index contributed by atoms with van der Waals surface area (Å²) in [4.78, 5) is 14.4. The lowest BCUT2D eigenvalue weighted by molar-refractivity contribution is -0.173. The molecule has 2 aromatic rings. The number of benzene rings is 1. The van der Waals surface area contributed by atoms with Gasteiger partial charge in [-0.2, -0.15) is 18.3 Å². The van der Waals surface area contributed by atoms with Gasteiger partial charge in [0.15, 0.2) is 11.7 Å². The van der Waals surface area contributed by atoms with E-state index >= 15 is 0 Å². The number of fused-ring (bicyclic) bond motifs is 1. The first kappa shape index (κ1) is 19.1. The Morgan fingerprint density at radius 3 is 2.46 bits per heavy atom. The van der Waals surface area contributed by atoms with Crippen molar-refractivity contribution >= 4 is 23.3 Å². The van der Waals surface area contributed by atoms with Crippen LogP contribution in [0.5, 0.6) is 0 Å². The van der Waals surface area contributed by atoms with Crippen molar-refractivity contribution in [2.45, 2.75) is 43.9 Å². The van der Waals surface area contributed by atoms with E-state index in [1.54, 1.807) is 35.2 Å². The second-order valence-electron chi connectivity index (χ2n) is 7.21. The predicted octanol–water partition coefficient (Wildman–Crippen LogP) is 4.82. The van der Waals surface area contributed by atoms with Crippen molar-refractivity contribution in [1.29, 1.82) is 0 Å². The van der Waals surface area contributed by atoms with E-state index in [0.29, 0.717) is 13.1 Å². The standard InChI is InChI=1S/C19H20ClF3N4O/c20-15-16(18(28)26-9-5-2-6-10-26)25-27-14(19(21,22)23)11-13(24-17(15)27)12-7-3-1-4-8-12/h1,3-4,7-8,13-14,24H,2,5-6,9-11H2. The van der Waals surface area contributed by atoms with Crippen molar-refractivity contribution in [2.75, 3.05) is 18.4 Å². The Balaban J connectivity index is 1.72. The van der Waals surface area contributed by atoms with E-state index in [1.807, 2.05) is 0 Å². The fourth-order valence-electron chi connectivity index (χ4n) is 3.88. The van der Waals surface area contributed by atoms with Crippen molar-refractivity contribution < 1.29 is 18.0 Å². The zero-order chi connectivity index (χ0) is 19.9. The van der Waals surface area contributed by atoms with Crippen molar-refractivity contribution in [3.05, 3.63) is 46.6 Å². The number of carbonyl (C=O) groups is 1. The molecule has 2 atom stereocenters. The van der Waals surface area contributed by atoms with Gasteiger partial charge in [0.1, 0.15) is 10.8 Å². The number of hydrogen-bond acceptors (Lipinski definition) is 3. The molecule has 4 rings (SSSR count). The molecule has 0 bridgehead atoms. The van der Waals surface area contributed by atoms with Crippen LogP contribution in [0.25, 0.3) is 0 Å². The minimum absolute atomic E-state index is 0.0458. The highest BCUT2D eigenvalue weighted by Gasteiger charge is 2.48. The van der Waals surface area contributed by atoms with Gasteiger partial charge >= 0.3 is 6.18 Å². The Kier molecular flexibility index (Phi) is 4.99. The number of amides is 1. The van der Waals surface area contributed by atoms with Crippen LogP contribution in [-0.2, 0) is 0 Å². The number of hydrogen-bond donors (Lipinski definition) is 1. The Morgan fingerprint density at radius 1 is 1.14 bits per heavy atom. The zero-order valence-corrected chi connectivity index (χ0v) is 15.8. The molecule has 0 radical (unpaired) electrons. The number of carbonyl (C=O) groups excluding carboxylic acids is 1. The first-order chi connectivity index (χ1) is 13.4. The normalized spacial score (nSPS) is 22.5. The molecule has 28 heavy (non-hydrogen) atoms. The molecule has 0 saturated carbocycles. The van der Waals surface area contributed by atoms with Crippen LogP contribution in [-0.4, -0.2) is 39.9 Å². The summed E-state index contributed by atoms with van der Waals surface area (Å²) in [6, 6.07) is 6.47. The van der Waals surface area contributed by atoms with Crippen LogP contribution in [0.1, 0.15) is 53.8 Å². The number of piperidine rings is 1. The highest BCUT2D eigenvalue weighted by atomic mass is 35.5. The molecule has 1 fully saturated rings. The first-order valence-electron chi connectivity index (χ1n) is 9.31. The number of alkyl halides is 3. The van der Waals surface area contributed by atoms with E-state index in [4.69, 9.17) is 11.6 Å². The third kappa shape index (κ3) is 3.45. The second-order valence-corrected chi connectivity index (χ2v) is 7.59. The molecule has 2 unspecified atom stereocenters. The van der Waals surface area contributed by atoms with E-state index in [0.717, 1.165) is 29.5 Å². The van der Waals surface area contributed by atoms with Gasteiger partial charge in [-0.25, -0.2) is 4.68 Å². The molecule has 150 valence electrons. The van der Waals surface area contributed by atoms with E-state index in [-0.39, 0.29) is 23.0 Å². The van der Waals surface area contributed by atoms with E-state index in [2.05, 4.69) is 10.4 Å². The first-order valence-corrected chi connectivity index (χ1v) is 9.69. The molecule has 0 aliphatic carbocycles. The summed E-state index contributed by atoms with van der Waals surface area (Å²) >= 11 is 6.36. The van der Waals surface area contributed by atoms with Crippen molar-refractivity contribution in [2.24, 2.45) is 0 Å². The van der Waals surface area contributed by atoms with E-state index in [1.165, 1.54) is 0 Å². The number of aromatic nitrogens is 2. The highest BCUT2D eigenvalue weighted by molar-refractivity contribution is 6.36. The number of halogens is 4. The summed E-state index contributed by atoms with van der Waals surface area (Å²) in [5.74, 6) is -0.366. The van der Waals surface area contributed by atoms with Gasteiger partial charge in [-0.1, -0.05) is 41.9 Å². The summed E-state index contributed by atoms with van der Waals surface area (Å²) in [6.45, 7) is 1.14. The monoisotopic (exact) mass is 412 g/mol. The maximum atomic E-state index is 13.8. The van der Waals surface area contributed by atoms with Gasteiger partial charge in [0.25, 0.3) is 5.91 Å². The minimum Gasteiger partial charge on any atom is -0.362 e. The third-order valence-electron chi connectivity index (χ3n) is 5.34. The molecule has 1 saturated heterocycles. The van der Waals surface area contributed by atoms with Crippen LogP contribution in [0, 0.1) is 0 Å². The number of anilines is 1. The Morgan fingerprint density at radius 2 is 1.82 bits per heavy atom. The van der Waals surface area contributed by atoms with Gasteiger partial charge in [-0.15, -0.1) is 0 Å². The molecule has 9 heteroatoms. The fraction of sp³-hybridized carbons (Fsp3) is 0.474. The number of rotatable bonds is 2. The molecule has 2 aliphatic rings. The lowest BCUT2D eigenvalue weighted by atomic mass is 9.97. The Hall–Kier alpha value is -2.22. The molecule has 3 heterocycles. The van der Waals surface area contributed by atoms with Crippen molar-refractivity contribution in [3.63, 3.8) is 0 Å². The zero-order valence-electron chi connectivity index (χ0n) is 15.0. The Labute approximate surface area is 165 Å². The number of nitrogens with one attached hydrogen (secondary N) is 1. The van der Waals surface area contributed by atoms with Crippen molar-refractivity contribution in [3.8, 4) is 0 Å². The van der Waals surface area contributed by atoms with Gasteiger partial charge < -0.3 is 10.2 Å². The molecule has 1 aromatic heterocycles. The van der Waals surface area contributed by atoms with Crippen LogP contribution < -0.4 is 5.32 Å². The SMILES string of the molecule is O=C(c1nn2c(c1Cl)NC(c1ccccc1)CC2C(F)(F)F)N1CCCCC1. The summed E-state index contributed by atoms with van der Waals surface area (Å²) in [6.07, 6.45) is -1.96.